The maximum absolute atomic E-state index is 5.36. The first kappa shape index (κ1) is 14.0. The molecule has 0 spiro atoms. The van der Waals surface area contributed by atoms with E-state index >= 15 is 0 Å². The van der Waals surface area contributed by atoms with Gasteiger partial charge in [-0.15, -0.1) is 0 Å². The van der Waals surface area contributed by atoms with Crippen LogP contribution in [0.1, 0.15) is 0 Å². The average molecular weight is 265 g/mol. The minimum Gasteiger partial charge on any atom is -0.497 e. The first-order valence-corrected chi connectivity index (χ1v) is 6.72. The normalized spacial score (nSPS) is 16.1. The van der Waals surface area contributed by atoms with Gasteiger partial charge < -0.3 is 20.1 Å². The number of rotatable bonds is 6. The zero-order valence-electron chi connectivity index (χ0n) is 11.7. The second kappa shape index (κ2) is 7.21. The molecule has 2 rings (SSSR count). The topological polar surface area (TPSA) is 45.8 Å². The highest BCUT2D eigenvalue weighted by atomic mass is 16.5. The van der Waals surface area contributed by atoms with Crippen molar-refractivity contribution in [1.82, 2.24) is 10.2 Å². The predicted molar refractivity (Wildman–Crippen MR) is 77.3 cm³/mol. The van der Waals surface area contributed by atoms with E-state index in [1.54, 1.807) is 14.2 Å². The van der Waals surface area contributed by atoms with Crippen molar-refractivity contribution in [3.8, 4) is 11.5 Å². The van der Waals surface area contributed by atoms with Gasteiger partial charge in [-0.05, 0) is 12.1 Å². The molecule has 1 aromatic carbocycles. The van der Waals surface area contributed by atoms with Gasteiger partial charge in [0, 0.05) is 45.3 Å². The second-order valence-electron chi connectivity index (χ2n) is 4.58. The van der Waals surface area contributed by atoms with Crippen LogP contribution in [0.4, 0.5) is 5.69 Å². The molecule has 19 heavy (non-hydrogen) atoms. The predicted octanol–water partition coefficient (Wildman–Crippen LogP) is 1.02. The van der Waals surface area contributed by atoms with E-state index in [1.165, 1.54) is 0 Å². The molecule has 1 aromatic rings. The lowest BCUT2D eigenvalue weighted by molar-refractivity contribution is 0.249. The highest BCUT2D eigenvalue weighted by molar-refractivity contribution is 5.59. The third kappa shape index (κ3) is 4.01. The molecule has 5 nitrogen and oxygen atoms in total. The van der Waals surface area contributed by atoms with Crippen molar-refractivity contribution < 1.29 is 9.47 Å². The molecule has 1 saturated heterocycles. The lowest BCUT2D eigenvalue weighted by Crippen LogP contribution is -2.45. The summed E-state index contributed by atoms with van der Waals surface area (Å²) in [5, 5.41) is 6.78. The van der Waals surface area contributed by atoms with Crippen LogP contribution in [-0.2, 0) is 0 Å². The van der Waals surface area contributed by atoms with Gasteiger partial charge in [0.2, 0.25) is 0 Å². The average Bonchev–Trinajstić information content (AvgIpc) is 2.48. The SMILES string of the molecule is COc1ccc(NCCN2CCNCC2)c(OC)c1. The van der Waals surface area contributed by atoms with Crippen molar-refractivity contribution in [2.45, 2.75) is 0 Å². The molecule has 0 saturated carbocycles. The standard InChI is InChI=1S/C14H23N3O2/c1-18-12-3-4-13(14(11-12)19-2)16-7-10-17-8-5-15-6-9-17/h3-4,11,15-16H,5-10H2,1-2H3. The summed E-state index contributed by atoms with van der Waals surface area (Å²) in [4.78, 5) is 2.46. The fourth-order valence-corrected chi connectivity index (χ4v) is 2.23. The lowest BCUT2D eigenvalue weighted by atomic mass is 10.2. The first-order chi connectivity index (χ1) is 9.33. The Morgan fingerprint density at radius 3 is 2.68 bits per heavy atom. The van der Waals surface area contributed by atoms with Crippen LogP contribution in [0.5, 0.6) is 11.5 Å². The molecule has 1 aliphatic rings. The smallest absolute Gasteiger partial charge is 0.145 e. The fraction of sp³-hybridized carbons (Fsp3) is 0.571. The van der Waals surface area contributed by atoms with Crippen LogP contribution in [0.3, 0.4) is 0 Å². The Morgan fingerprint density at radius 2 is 2.00 bits per heavy atom. The third-order valence-electron chi connectivity index (χ3n) is 3.36. The van der Waals surface area contributed by atoms with E-state index in [2.05, 4.69) is 15.5 Å². The monoisotopic (exact) mass is 265 g/mol. The molecular formula is C14H23N3O2. The number of anilines is 1. The Balaban J connectivity index is 1.84. The van der Waals surface area contributed by atoms with Crippen LogP contribution < -0.4 is 20.1 Å². The van der Waals surface area contributed by atoms with E-state index in [0.717, 1.165) is 56.5 Å². The van der Waals surface area contributed by atoms with Gasteiger partial charge in [0.15, 0.2) is 0 Å². The van der Waals surface area contributed by atoms with E-state index in [9.17, 15) is 0 Å². The molecule has 0 amide bonds. The van der Waals surface area contributed by atoms with Crippen molar-refractivity contribution in [2.24, 2.45) is 0 Å². The summed E-state index contributed by atoms with van der Waals surface area (Å²) < 4.78 is 10.6. The number of piperazine rings is 1. The number of benzene rings is 1. The Labute approximate surface area is 114 Å². The van der Waals surface area contributed by atoms with E-state index in [1.807, 2.05) is 18.2 Å². The van der Waals surface area contributed by atoms with Crippen LogP contribution in [0.25, 0.3) is 0 Å². The van der Waals surface area contributed by atoms with Crippen LogP contribution >= 0.6 is 0 Å². The fourth-order valence-electron chi connectivity index (χ4n) is 2.23. The first-order valence-electron chi connectivity index (χ1n) is 6.72. The van der Waals surface area contributed by atoms with Crippen molar-refractivity contribution >= 4 is 5.69 Å². The molecular weight excluding hydrogens is 242 g/mol. The van der Waals surface area contributed by atoms with Gasteiger partial charge >= 0.3 is 0 Å². The Kier molecular flexibility index (Phi) is 5.30. The summed E-state index contributed by atoms with van der Waals surface area (Å²) in [6.07, 6.45) is 0. The third-order valence-corrected chi connectivity index (χ3v) is 3.36. The Bertz CT molecular complexity index is 392. The molecule has 0 unspecified atom stereocenters. The summed E-state index contributed by atoms with van der Waals surface area (Å²) in [5.41, 5.74) is 1.01. The number of hydrogen-bond donors (Lipinski definition) is 2. The zero-order valence-corrected chi connectivity index (χ0v) is 11.7. The molecule has 0 bridgehead atoms. The Hall–Kier alpha value is -1.46. The molecule has 0 atom stereocenters. The second-order valence-corrected chi connectivity index (χ2v) is 4.58. The lowest BCUT2D eigenvalue weighted by Gasteiger charge is -2.27. The van der Waals surface area contributed by atoms with Crippen molar-refractivity contribution in [3.63, 3.8) is 0 Å². The van der Waals surface area contributed by atoms with E-state index in [0.29, 0.717) is 0 Å². The molecule has 2 N–H and O–H groups in total. The molecule has 0 aliphatic carbocycles. The van der Waals surface area contributed by atoms with Crippen LogP contribution in [0.15, 0.2) is 18.2 Å². The van der Waals surface area contributed by atoms with E-state index in [-0.39, 0.29) is 0 Å². The number of hydrogen-bond acceptors (Lipinski definition) is 5. The van der Waals surface area contributed by atoms with Gasteiger partial charge in [-0.1, -0.05) is 0 Å². The zero-order chi connectivity index (χ0) is 13.5. The van der Waals surface area contributed by atoms with Crippen LogP contribution in [0, 0.1) is 0 Å². The van der Waals surface area contributed by atoms with Crippen molar-refractivity contribution in [1.29, 1.82) is 0 Å². The van der Waals surface area contributed by atoms with Gasteiger partial charge in [0.1, 0.15) is 11.5 Å². The maximum atomic E-state index is 5.36. The summed E-state index contributed by atoms with van der Waals surface area (Å²) >= 11 is 0. The number of methoxy groups -OCH3 is 2. The molecule has 5 heteroatoms. The van der Waals surface area contributed by atoms with Crippen molar-refractivity contribution in [3.05, 3.63) is 18.2 Å². The van der Waals surface area contributed by atoms with E-state index in [4.69, 9.17) is 9.47 Å². The van der Waals surface area contributed by atoms with Gasteiger partial charge in [0.05, 0.1) is 19.9 Å². The summed E-state index contributed by atoms with van der Waals surface area (Å²) in [6, 6.07) is 5.83. The molecule has 1 fully saturated rings. The van der Waals surface area contributed by atoms with Gasteiger partial charge in [0.25, 0.3) is 0 Å². The molecule has 1 heterocycles. The molecule has 106 valence electrons. The summed E-state index contributed by atoms with van der Waals surface area (Å²) in [7, 11) is 3.34. The summed E-state index contributed by atoms with van der Waals surface area (Å²) in [5.74, 6) is 1.63. The highest BCUT2D eigenvalue weighted by Gasteiger charge is 2.09. The minimum atomic E-state index is 0.810. The van der Waals surface area contributed by atoms with Gasteiger partial charge in [-0.3, -0.25) is 4.90 Å². The van der Waals surface area contributed by atoms with Gasteiger partial charge in [-0.25, -0.2) is 0 Å². The summed E-state index contributed by atoms with van der Waals surface area (Å²) in [6.45, 7) is 6.40. The number of nitrogens with one attached hydrogen (secondary N) is 2. The van der Waals surface area contributed by atoms with Crippen molar-refractivity contribution in [2.75, 3.05) is 58.8 Å². The maximum Gasteiger partial charge on any atom is 0.145 e. The number of ether oxygens (including phenoxy) is 2. The van der Waals surface area contributed by atoms with Crippen LogP contribution in [0.2, 0.25) is 0 Å². The molecule has 0 aromatic heterocycles. The molecule has 1 aliphatic heterocycles. The minimum absolute atomic E-state index is 0.810. The van der Waals surface area contributed by atoms with E-state index < -0.39 is 0 Å². The van der Waals surface area contributed by atoms with Gasteiger partial charge in [-0.2, -0.15) is 0 Å². The Morgan fingerprint density at radius 1 is 1.21 bits per heavy atom. The number of nitrogens with zero attached hydrogens (tertiary/aromatic N) is 1. The van der Waals surface area contributed by atoms with Crippen LogP contribution in [-0.4, -0.2) is 58.4 Å². The molecule has 0 radical (unpaired) electrons. The quantitative estimate of drug-likeness (QED) is 0.804. The largest absolute Gasteiger partial charge is 0.497 e. The highest BCUT2D eigenvalue weighted by Crippen LogP contribution is 2.28.